The Morgan fingerprint density at radius 2 is 2.09 bits per heavy atom. The average molecular weight is 165 g/mol. The lowest BCUT2D eigenvalue weighted by molar-refractivity contribution is -0.228. The molecule has 2 N–H and O–H groups in total. The van der Waals surface area contributed by atoms with Crippen LogP contribution in [0, 0.1) is 0 Å². The normalized spacial score (nSPS) is 21.4. The Morgan fingerprint density at radius 1 is 1.55 bits per heavy atom. The Balaban J connectivity index is 2.54. The van der Waals surface area contributed by atoms with Crippen LogP contribution in [0.5, 0.6) is 0 Å². The molecule has 0 spiro atoms. The molecule has 0 saturated heterocycles. The van der Waals surface area contributed by atoms with Crippen molar-refractivity contribution in [1.29, 1.82) is 0 Å². The molecule has 3 nitrogen and oxygen atoms in total. The van der Waals surface area contributed by atoms with Crippen LogP contribution in [0.2, 0.25) is 0 Å². The number of carbonyl (C=O) groups excluding carboxylic acids is 1. The minimum Gasteiger partial charge on any atom is -0.367 e. The Labute approximate surface area is 62.5 Å². The van der Waals surface area contributed by atoms with Crippen molar-refractivity contribution in [2.75, 3.05) is 0 Å². The highest BCUT2D eigenvalue weighted by Gasteiger charge is 2.46. The summed E-state index contributed by atoms with van der Waals surface area (Å²) in [5.41, 5.74) is 3.52. The molecule has 0 atom stereocenters. The van der Waals surface area contributed by atoms with Crippen molar-refractivity contribution in [3.8, 4) is 0 Å². The molecule has 1 aliphatic carbocycles. The van der Waals surface area contributed by atoms with E-state index in [9.17, 15) is 13.6 Å². The van der Waals surface area contributed by atoms with Gasteiger partial charge in [0.1, 0.15) is 0 Å². The molecule has 0 radical (unpaired) electrons. The quantitative estimate of drug-likeness (QED) is 0.666. The second-order valence-electron chi connectivity index (χ2n) is 2.59. The van der Waals surface area contributed by atoms with E-state index >= 15 is 0 Å². The maximum Gasteiger partial charge on any atom is 0.346 e. The first-order valence-electron chi connectivity index (χ1n) is 3.33. The van der Waals surface area contributed by atoms with Crippen molar-refractivity contribution in [2.24, 2.45) is 5.73 Å². The van der Waals surface area contributed by atoms with Gasteiger partial charge in [-0.2, -0.15) is 8.78 Å². The number of rotatable bonds is 3. The SMILES string of the molecule is NC(=O)C1(OC(F)F)CCC1. The van der Waals surface area contributed by atoms with Crippen molar-refractivity contribution >= 4 is 5.91 Å². The fourth-order valence-electron chi connectivity index (χ4n) is 1.09. The van der Waals surface area contributed by atoms with Gasteiger partial charge in [-0.1, -0.05) is 0 Å². The van der Waals surface area contributed by atoms with Gasteiger partial charge in [0.25, 0.3) is 0 Å². The van der Waals surface area contributed by atoms with Gasteiger partial charge in [0.05, 0.1) is 0 Å². The fourth-order valence-corrected chi connectivity index (χ4v) is 1.09. The zero-order chi connectivity index (χ0) is 8.48. The predicted octanol–water partition coefficient (Wildman–Crippen LogP) is 0.634. The number of hydrogen-bond donors (Lipinski definition) is 1. The predicted molar refractivity (Wildman–Crippen MR) is 32.9 cm³/mol. The summed E-state index contributed by atoms with van der Waals surface area (Å²) < 4.78 is 27.5. The Hall–Kier alpha value is -0.710. The molecule has 1 saturated carbocycles. The molecule has 0 unspecified atom stereocenters. The van der Waals surface area contributed by atoms with Gasteiger partial charge >= 0.3 is 6.61 Å². The minimum absolute atomic E-state index is 0.312. The lowest BCUT2D eigenvalue weighted by Gasteiger charge is -2.37. The Kier molecular flexibility index (Phi) is 2.08. The fraction of sp³-hybridized carbons (Fsp3) is 0.833. The van der Waals surface area contributed by atoms with Crippen LogP contribution in [0.3, 0.4) is 0 Å². The smallest absolute Gasteiger partial charge is 0.346 e. The Bertz CT molecular complexity index is 168. The molecule has 0 heterocycles. The molecule has 1 amide bonds. The van der Waals surface area contributed by atoms with Gasteiger partial charge in [0.15, 0.2) is 5.60 Å². The average Bonchev–Trinajstić information content (AvgIpc) is 1.77. The molecule has 5 heteroatoms. The van der Waals surface area contributed by atoms with Gasteiger partial charge in [-0.05, 0) is 19.3 Å². The summed E-state index contributed by atoms with van der Waals surface area (Å²) in [6, 6.07) is 0. The molecule has 0 aromatic rings. The second kappa shape index (κ2) is 2.73. The van der Waals surface area contributed by atoms with E-state index in [1.807, 2.05) is 0 Å². The maximum absolute atomic E-state index is 11.7. The lowest BCUT2D eigenvalue weighted by Crippen LogP contribution is -2.52. The highest BCUT2D eigenvalue weighted by molar-refractivity contribution is 5.84. The summed E-state index contributed by atoms with van der Waals surface area (Å²) in [6.07, 6.45) is 1.34. The van der Waals surface area contributed by atoms with Crippen LogP contribution in [0.25, 0.3) is 0 Å². The summed E-state index contributed by atoms with van der Waals surface area (Å²) in [5.74, 6) is -0.788. The van der Waals surface area contributed by atoms with E-state index in [1.54, 1.807) is 0 Å². The maximum atomic E-state index is 11.7. The first kappa shape index (κ1) is 8.39. The van der Waals surface area contributed by atoms with E-state index < -0.39 is 18.1 Å². The number of alkyl halides is 2. The summed E-state index contributed by atoms with van der Waals surface area (Å²) in [6.45, 7) is -2.91. The molecule has 0 bridgehead atoms. The number of ether oxygens (including phenoxy) is 1. The third-order valence-corrected chi connectivity index (χ3v) is 1.92. The van der Waals surface area contributed by atoms with Crippen molar-refractivity contribution < 1.29 is 18.3 Å². The summed E-state index contributed by atoms with van der Waals surface area (Å²) in [4.78, 5) is 10.6. The number of primary amides is 1. The minimum atomic E-state index is -2.91. The molecule has 11 heavy (non-hydrogen) atoms. The zero-order valence-electron chi connectivity index (χ0n) is 5.85. The third kappa shape index (κ3) is 1.48. The van der Waals surface area contributed by atoms with Crippen LogP contribution < -0.4 is 5.73 Å². The lowest BCUT2D eigenvalue weighted by atomic mass is 9.79. The first-order valence-corrected chi connectivity index (χ1v) is 3.33. The number of carbonyl (C=O) groups is 1. The zero-order valence-corrected chi connectivity index (χ0v) is 5.85. The number of halogens is 2. The van der Waals surface area contributed by atoms with Crippen LogP contribution in [-0.2, 0) is 9.53 Å². The molecule has 0 aromatic heterocycles. The van der Waals surface area contributed by atoms with E-state index in [-0.39, 0.29) is 0 Å². The van der Waals surface area contributed by atoms with E-state index in [4.69, 9.17) is 5.73 Å². The molecule has 1 fully saturated rings. The topological polar surface area (TPSA) is 52.3 Å². The molecule has 0 aliphatic heterocycles. The van der Waals surface area contributed by atoms with Crippen LogP contribution in [0.1, 0.15) is 19.3 Å². The highest BCUT2D eigenvalue weighted by atomic mass is 19.3. The monoisotopic (exact) mass is 165 g/mol. The van der Waals surface area contributed by atoms with Crippen LogP contribution in [-0.4, -0.2) is 18.1 Å². The summed E-state index contributed by atoms with van der Waals surface area (Å²) >= 11 is 0. The van der Waals surface area contributed by atoms with Gasteiger partial charge < -0.3 is 10.5 Å². The third-order valence-electron chi connectivity index (χ3n) is 1.92. The number of nitrogens with two attached hydrogens (primary N) is 1. The highest BCUT2D eigenvalue weighted by Crippen LogP contribution is 2.36. The number of amides is 1. The van der Waals surface area contributed by atoms with Gasteiger partial charge in [0, 0.05) is 0 Å². The van der Waals surface area contributed by atoms with Crippen molar-refractivity contribution in [3.63, 3.8) is 0 Å². The van der Waals surface area contributed by atoms with Crippen molar-refractivity contribution in [3.05, 3.63) is 0 Å². The van der Waals surface area contributed by atoms with Gasteiger partial charge in [0.2, 0.25) is 5.91 Å². The molecule has 64 valence electrons. The van der Waals surface area contributed by atoms with Gasteiger partial charge in [-0.25, -0.2) is 0 Å². The van der Waals surface area contributed by atoms with E-state index in [1.165, 1.54) is 0 Å². The van der Waals surface area contributed by atoms with Gasteiger partial charge in [-0.3, -0.25) is 4.79 Å². The standard InChI is InChI=1S/C6H9F2NO2/c7-5(8)11-6(4(9)10)2-1-3-6/h5H,1-3H2,(H2,9,10). The first-order chi connectivity index (χ1) is 5.07. The van der Waals surface area contributed by atoms with Crippen molar-refractivity contribution in [2.45, 2.75) is 31.5 Å². The number of hydrogen-bond acceptors (Lipinski definition) is 2. The molecule has 0 aromatic carbocycles. The van der Waals surface area contributed by atoms with E-state index in [0.717, 1.165) is 6.42 Å². The van der Waals surface area contributed by atoms with E-state index in [0.29, 0.717) is 12.8 Å². The van der Waals surface area contributed by atoms with E-state index in [2.05, 4.69) is 4.74 Å². The summed E-state index contributed by atoms with van der Waals surface area (Å²) in [5, 5.41) is 0. The van der Waals surface area contributed by atoms with Crippen LogP contribution in [0.15, 0.2) is 0 Å². The molecule has 1 rings (SSSR count). The Morgan fingerprint density at radius 3 is 2.18 bits per heavy atom. The summed E-state index contributed by atoms with van der Waals surface area (Å²) in [7, 11) is 0. The van der Waals surface area contributed by atoms with Gasteiger partial charge in [-0.15, -0.1) is 0 Å². The molecular formula is C6H9F2NO2. The molecular weight excluding hydrogens is 156 g/mol. The van der Waals surface area contributed by atoms with Crippen LogP contribution in [0.4, 0.5) is 8.78 Å². The largest absolute Gasteiger partial charge is 0.367 e. The molecule has 1 aliphatic rings. The van der Waals surface area contributed by atoms with Crippen LogP contribution >= 0.6 is 0 Å². The second-order valence-corrected chi connectivity index (χ2v) is 2.59. The van der Waals surface area contributed by atoms with Crippen molar-refractivity contribution in [1.82, 2.24) is 0 Å².